The molecule has 3 aromatic rings. The van der Waals surface area contributed by atoms with Crippen molar-refractivity contribution in [3.63, 3.8) is 0 Å². The van der Waals surface area contributed by atoms with Gasteiger partial charge in [0.15, 0.2) is 0 Å². The minimum atomic E-state index is -4.57. The molecule has 3 rings (SSSR count). The molecule has 1 heterocycles. The molecular formula is C16H13F2N3O2S2. The van der Waals surface area contributed by atoms with Crippen LogP contribution in [-0.2, 0) is 16.4 Å². The SMILES string of the molecule is O=S(=O)(c1ccc(NCc2nnc(-c3ccccc3)s2)cc1)C(F)F. The zero-order valence-corrected chi connectivity index (χ0v) is 14.4. The van der Waals surface area contributed by atoms with Gasteiger partial charge in [-0.15, -0.1) is 10.2 Å². The lowest BCUT2D eigenvalue weighted by atomic mass is 10.2. The summed E-state index contributed by atoms with van der Waals surface area (Å²) in [6, 6.07) is 14.8. The number of aromatic nitrogens is 2. The van der Waals surface area contributed by atoms with E-state index in [1.807, 2.05) is 30.3 Å². The van der Waals surface area contributed by atoms with E-state index >= 15 is 0 Å². The first kappa shape index (κ1) is 17.4. The van der Waals surface area contributed by atoms with Crippen molar-refractivity contribution >= 4 is 26.9 Å². The van der Waals surface area contributed by atoms with Gasteiger partial charge in [0.2, 0.25) is 9.84 Å². The van der Waals surface area contributed by atoms with Crippen molar-refractivity contribution in [3.05, 3.63) is 59.6 Å². The highest BCUT2D eigenvalue weighted by Gasteiger charge is 2.26. The molecule has 0 unspecified atom stereocenters. The Kier molecular flexibility index (Phi) is 5.05. The third kappa shape index (κ3) is 3.99. The Morgan fingerprint density at radius 3 is 2.32 bits per heavy atom. The summed E-state index contributed by atoms with van der Waals surface area (Å²) >= 11 is 1.44. The van der Waals surface area contributed by atoms with E-state index in [4.69, 9.17) is 0 Å². The lowest BCUT2D eigenvalue weighted by Gasteiger charge is -2.06. The number of alkyl halides is 2. The number of nitrogens with zero attached hydrogens (tertiary/aromatic N) is 2. The van der Waals surface area contributed by atoms with E-state index in [0.717, 1.165) is 27.7 Å². The molecule has 0 fully saturated rings. The quantitative estimate of drug-likeness (QED) is 0.703. The average Bonchev–Trinajstić information content (AvgIpc) is 3.10. The van der Waals surface area contributed by atoms with E-state index in [9.17, 15) is 17.2 Å². The first-order chi connectivity index (χ1) is 12.0. The maximum absolute atomic E-state index is 12.5. The van der Waals surface area contributed by atoms with Gasteiger partial charge in [-0.05, 0) is 24.3 Å². The average molecular weight is 381 g/mol. The molecule has 0 radical (unpaired) electrons. The van der Waals surface area contributed by atoms with Crippen molar-refractivity contribution in [2.45, 2.75) is 17.2 Å². The third-order valence-corrected chi connectivity index (χ3v) is 5.72. The molecular weight excluding hydrogens is 368 g/mol. The number of nitrogens with one attached hydrogen (secondary N) is 1. The number of sulfone groups is 1. The Bertz CT molecular complexity index is 943. The van der Waals surface area contributed by atoms with Gasteiger partial charge in [-0.3, -0.25) is 0 Å². The van der Waals surface area contributed by atoms with Crippen LogP contribution in [-0.4, -0.2) is 24.4 Å². The highest BCUT2D eigenvalue weighted by molar-refractivity contribution is 7.91. The van der Waals surface area contributed by atoms with Crippen molar-refractivity contribution in [1.29, 1.82) is 0 Å². The second-order valence-corrected chi connectivity index (χ2v) is 8.03. The number of hydrogen-bond donors (Lipinski definition) is 1. The van der Waals surface area contributed by atoms with Crippen molar-refractivity contribution < 1.29 is 17.2 Å². The predicted molar refractivity (Wildman–Crippen MR) is 92.3 cm³/mol. The summed E-state index contributed by atoms with van der Waals surface area (Å²) in [4.78, 5) is -0.407. The predicted octanol–water partition coefficient (Wildman–Crippen LogP) is 3.81. The molecule has 5 nitrogen and oxygen atoms in total. The van der Waals surface area contributed by atoms with Gasteiger partial charge in [-0.2, -0.15) is 8.78 Å². The highest BCUT2D eigenvalue weighted by Crippen LogP contribution is 2.24. The highest BCUT2D eigenvalue weighted by atomic mass is 32.2. The first-order valence-electron chi connectivity index (χ1n) is 7.20. The zero-order chi connectivity index (χ0) is 17.9. The Balaban J connectivity index is 1.66. The van der Waals surface area contributed by atoms with Crippen LogP contribution in [0.2, 0.25) is 0 Å². The van der Waals surface area contributed by atoms with Crippen LogP contribution in [0.25, 0.3) is 10.6 Å². The maximum Gasteiger partial charge on any atom is 0.341 e. The topological polar surface area (TPSA) is 72.0 Å². The summed E-state index contributed by atoms with van der Waals surface area (Å²) in [5.74, 6) is -3.43. The van der Waals surface area contributed by atoms with Gasteiger partial charge in [0.25, 0.3) is 0 Å². The van der Waals surface area contributed by atoms with E-state index < -0.39 is 20.5 Å². The number of hydrogen-bond acceptors (Lipinski definition) is 6. The van der Waals surface area contributed by atoms with Crippen LogP contribution in [0.15, 0.2) is 59.5 Å². The van der Waals surface area contributed by atoms with Gasteiger partial charge < -0.3 is 5.32 Å². The van der Waals surface area contributed by atoms with Gasteiger partial charge in [-0.1, -0.05) is 41.7 Å². The standard InChI is InChI=1S/C16H13F2N3O2S2/c17-16(18)25(22,23)13-8-6-12(7-9-13)19-10-14-20-21-15(24-14)11-4-2-1-3-5-11/h1-9,16,19H,10H2. The molecule has 25 heavy (non-hydrogen) atoms. The summed E-state index contributed by atoms with van der Waals surface area (Å²) in [7, 11) is -4.57. The largest absolute Gasteiger partial charge is 0.378 e. The molecule has 0 bridgehead atoms. The molecule has 0 aliphatic carbocycles. The Hall–Kier alpha value is -2.39. The minimum absolute atomic E-state index is 0.394. The van der Waals surface area contributed by atoms with Crippen LogP contribution in [0, 0.1) is 0 Å². The summed E-state index contributed by atoms with van der Waals surface area (Å²) in [5.41, 5.74) is 1.58. The van der Waals surface area contributed by atoms with E-state index in [1.54, 1.807) is 0 Å². The van der Waals surface area contributed by atoms with E-state index in [1.165, 1.54) is 23.5 Å². The fourth-order valence-electron chi connectivity index (χ4n) is 2.07. The molecule has 1 N–H and O–H groups in total. The second-order valence-electron chi connectivity index (χ2n) is 5.05. The number of benzene rings is 2. The molecule has 0 atom stereocenters. The number of rotatable bonds is 6. The minimum Gasteiger partial charge on any atom is -0.378 e. The summed E-state index contributed by atoms with van der Waals surface area (Å²) in [6.45, 7) is 0.394. The third-order valence-electron chi connectivity index (χ3n) is 3.35. The second kappa shape index (κ2) is 7.24. The monoisotopic (exact) mass is 381 g/mol. The number of halogens is 2. The Morgan fingerprint density at radius 2 is 1.68 bits per heavy atom. The molecule has 0 saturated carbocycles. The first-order valence-corrected chi connectivity index (χ1v) is 9.57. The van der Waals surface area contributed by atoms with Crippen LogP contribution < -0.4 is 5.32 Å². The van der Waals surface area contributed by atoms with Crippen molar-refractivity contribution in [1.82, 2.24) is 10.2 Å². The van der Waals surface area contributed by atoms with Crippen LogP contribution in [0.3, 0.4) is 0 Å². The fraction of sp³-hybridized carbons (Fsp3) is 0.125. The normalized spacial score (nSPS) is 11.6. The Morgan fingerprint density at radius 1 is 1.00 bits per heavy atom. The van der Waals surface area contributed by atoms with Crippen molar-refractivity contribution in [2.24, 2.45) is 0 Å². The van der Waals surface area contributed by atoms with Crippen molar-refractivity contribution in [3.8, 4) is 10.6 Å². The van der Waals surface area contributed by atoms with E-state index in [-0.39, 0.29) is 0 Å². The molecule has 9 heteroatoms. The van der Waals surface area contributed by atoms with E-state index in [0.29, 0.717) is 12.2 Å². The molecule has 0 aliphatic heterocycles. The molecule has 0 aliphatic rings. The van der Waals surface area contributed by atoms with E-state index in [2.05, 4.69) is 15.5 Å². The molecule has 0 spiro atoms. The summed E-state index contributed by atoms with van der Waals surface area (Å²) in [6.07, 6.45) is 0. The van der Waals surface area contributed by atoms with Crippen molar-refractivity contribution in [2.75, 3.05) is 5.32 Å². The van der Waals surface area contributed by atoms with Gasteiger partial charge >= 0.3 is 5.76 Å². The molecule has 0 saturated heterocycles. The fourth-order valence-corrected chi connectivity index (χ4v) is 3.57. The maximum atomic E-state index is 12.5. The Labute approximate surface area is 147 Å². The van der Waals surface area contributed by atoms with Gasteiger partial charge in [0.1, 0.15) is 10.0 Å². The van der Waals surface area contributed by atoms with Crippen LogP contribution in [0.1, 0.15) is 5.01 Å². The molecule has 130 valence electrons. The molecule has 0 amide bonds. The van der Waals surface area contributed by atoms with Crippen LogP contribution in [0.5, 0.6) is 0 Å². The zero-order valence-electron chi connectivity index (χ0n) is 12.8. The summed E-state index contributed by atoms with van der Waals surface area (Å²) < 4.78 is 47.7. The van der Waals surface area contributed by atoms with Gasteiger partial charge in [0.05, 0.1) is 11.4 Å². The summed E-state index contributed by atoms with van der Waals surface area (Å²) in [5, 5.41) is 12.8. The van der Waals surface area contributed by atoms with Gasteiger partial charge in [-0.25, -0.2) is 8.42 Å². The smallest absolute Gasteiger partial charge is 0.341 e. The molecule has 1 aromatic heterocycles. The number of anilines is 1. The lowest BCUT2D eigenvalue weighted by molar-refractivity contribution is 0.234. The van der Waals surface area contributed by atoms with Crippen LogP contribution in [0.4, 0.5) is 14.5 Å². The molecule has 2 aromatic carbocycles. The lowest BCUT2D eigenvalue weighted by Crippen LogP contribution is -2.11. The van der Waals surface area contributed by atoms with Gasteiger partial charge in [0, 0.05) is 11.3 Å². The van der Waals surface area contributed by atoms with Crippen LogP contribution >= 0.6 is 11.3 Å².